The van der Waals surface area contributed by atoms with E-state index in [1.807, 2.05) is 41.3 Å². The summed E-state index contributed by atoms with van der Waals surface area (Å²) in [5, 5.41) is 46.7. The molecule has 3 amide bonds. The largest absolute Gasteiger partial charge is 0.388 e. The van der Waals surface area contributed by atoms with Crippen LogP contribution in [-0.4, -0.2) is 116 Å². The van der Waals surface area contributed by atoms with Crippen molar-refractivity contribution >= 4 is 34.9 Å². The van der Waals surface area contributed by atoms with E-state index in [9.17, 15) is 24.9 Å². The van der Waals surface area contributed by atoms with E-state index in [0.29, 0.717) is 49.0 Å². The van der Waals surface area contributed by atoms with E-state index >= 15 is 0 Å². The molecule has 7 rings (SSSR count). The summed E-state index contributed by atoms with van der Waals surface area (Å²) in [7, 11) is 0. The molecule has 3 aliphatic rings. The fourth-order valence-electron chi connectivity index (χ4n) is 7.34. The van der Waals surface area contributed by atoms with Crippen molar-refractivity contribution in [3.05, 3.63) is 78.1 Å². The Labute approximate surface area is 289 Å². The van der Waals surface area contributed by atoms with E-state index in [1.54, 1.807) is 10.9 Å². The van der Waals surface area contributed by atoms with Gasteiger partial charge in [0.05, 0.1) is 18.4 Å². The monoisotopic (exact) mass is 684 g/mol. The lowest BCUT2D eigenvalue weighted by atomic mass is 9.91. The van der Waals surface area contributed by atoms with Gasteiger partial charge in [-0.25, -0.2) is 9.78 Å². The maximum absolute atomic E-state index is 12.7. The summed E-state index contributed by atoms with van der Waals surface area (Å²) in [6, 6.07) is 18.9. The number of aromatic nitrogens is 4. The van der Waals surface area contributed by atoms with Gasteiger partial charge in [-0.1, -0.05) is 60.7 Å². The number of carbonyl (C=O) groups is 2. The number of nitrogens with one attached hydrogen (secondary N) is 5. The molecule has 1 saturated carbocycles. The predicted molar refractivity (Wildman–Crippen MR) is 187 cm³/mol. The molecule has 4 heterocycles. The number of imidazole rings is 1. The average Bonchev–Trinajstić information content (AvgIpc) is 3.95. The Kier molecular flexibility index (Phi) is 10.1. The molecule has 15 heteroatoms. The molecular weight excluding hydrogens is 640 g/mol. The molecule has 2 aromatic carbocycles. The van der Waals surface area contributed by atoms with Gasteiger partial charge in [-0.15, -0.1) is 0 Å². The fraction of sp³-hybridized carbons (Fsp3) is 0.457. The van der Waals surface area contributed by atoms with Crippen molar-refractivity contribution in [1.29, 1.82) is 0 Å². The molecule has 6 atom stereocenters. The van der Waals surface area contributed by atoms with Gasteiger partial charge in [0.25, 0.3) is 0 Å². The van der Waals surface area contributed by atoms with Crippen LogP contribution in [0.2, 0.25) is 0 Å². The molecule has 0 radical (unpaired) electrons. The Morgan fingerprint density at radius 1 is 0.920 bits per heavy atom. The van der Waals surface area contributed by atoms with Crippen LogP contribution in [0.3, 0.4) is 0 Å². The lowest BCUT2D eigenvalue weighted by molar-refractivity contribution is -0.125. The number of fused-ring (bicyclic) bond motifs is 1. The molecule has 0 bridgehead atoms. The van der Waals surface area contributed by atoms with E-state index < -0.39 is 36.8 Å². The Bertz CT molecular complexity index is 1730. The molecule has 50 heavy (non-hydrogen) atoms. The SMILES string of the molecule is O=C(CO)N[C@H]1C[C@@H](n2cnc3c(NCC(c4ccccc4)c4ccccc4)nc(N4CCC(NC(=O)NC5CCNC5)C4)nc32)[C@H](O)[C@@H]1O. The van der Waals surface area contributed by atoms with E-state index in [1.165, 1.54) is 0 Å². The van der Waals surface area contributed by atoms with Crippen molar-refractivity contribution in [2.24, 2.45) is 0 Å². The number of amides is 3. The molecule has 264 valence electrons. The summed E-state index contributed by atoms with van der Waals surface area (Å²) in [6.07, 6.45) is 0.921. The molecule has 3 fully saturated rings. The molecule has 2 aromatic heterocycles. The Hall–Kier alpha value is -4.83. The molecule has 8 N–H and O–H groups in total. The smallest absolute Gasteiger partial charge is 0.315 e. The van der Waals surface area contributed by atoms with Gasteiger partial charge < -0.3 is 51.4 Å². The second kappa shape index (κ2) is 15.0. The van der Waals surface area contributed by atoms with Crippen molar-refractivity contribution in [2.75, 3.05) is 49.5 Å². The lowest BCUT2D eigenvalue weighted by Gasteiger charge is -2.22. The molecule has 0 spiro atoms. The summed E-state index contributed by atoms with van der Waals surface area (Å²) in [5.74, 6) is 0.331. The van der Waals surface area contributed by atoms with Crippen LogP contribution in [0.25, 0.3) is 11.2 Å². The van der Waals surface area contributed by atoms with E-state index in [4.69, 9.17) is 9.97 Å². The maximum Gasteiger partial charge on any atom is 0.315 e. The van der Waals surface area contributed by atoms with Crippen molar-refractivity contribution in [3.8, 4) is 0 Å². The fourth-order valence-corrected chi connectivity index (χ4v) is 7.34. The van der Waals surface area contributed by atoms with E-state index in [-0.39, 0.29) is 30.5 Å². The number of aliphatic hydroxyl groups is 3. The summed E-state index contributed by atoms with van der Waals surface area (Å²) >= 11 is 0. The van der Waals surface area contributed by atoms with Crippen LogP contribution >= 0.6 is 0 Å². The normalized spacial score (nSPS) is 24.9. The topological polar surface area (TPSA) is 202 Å². The lowest BCUT2D eigenvalue weighted by Crippen LogP contribution is -2.47. The summed E-state index contributed by atoms with van der Waals surface area (Å²) in [5.41, 5.74) is 3.24. The average molecular weight is 685 g/mol. The number of hydrogen-bond acceptors (Lipinski definition) is 11. The highest BCUT2D eigenvalue weighted by atomic mass is 16.3. The first-order chi connectivity index (χ1) is 24.4. The molecule has 4 aromatic rings. The molecule has 15 nitrogen and oxygen atoms in total. The Morgan fingerprint density at radius 2 is 1.64 bits per heavy atom. The quantitative estimate of drug-likeness (QED) is 0.109. The van der Waals surface area contributed by atoms with Crippen LogP contribution in [0.4, 0.5) is 16.6 Å². The summed E-state index contributed by atoms with van der Waals surface area (Å²) in [4.78, 5) is 41.3. The Balaban J connectivity index is 1.18. The number of nitrogens with zero attached hydrogens (tertiary/aromatic N) is 5. The third kappa shape index (κ3) is 7.21. The van der Waals surface area contributed by atoms with Crippen LogP contribution in [0, 0.1) is 0 Å². The van der Waals surface area contributed by atoms with Crippen molar-refractivity contribution < 1.29 is 24.9 Å². The zero-order chi connectivity index (χ0) is 34.6. The zero-order valence-electron chi connectivity index (χ0n) is 27.7. The number of urea groups is 1. The molecular formula is C35H44N10O5. The third-order valence-electron chi connectivity index (χ3n) is 9.99. The van der Waals surface area contributed by atoms with E-state index in [0.717, 1.165) is 30.6 Å². The van der Waals surface area contributed by atoms with Crippen molar-refractivity contribution in [1.82, 2.24) is 40.8 Å². The highest BCUT2D eigenvalue weighted by molar-refractivity contribution is 5.85. The molecule has 1 aliphatic carbocycles. The van der Waals surface area contributed by atoms with Crippen LogP contribution in [0.1, 0.15) is 42.3 Å². The van der Waals surface area contributed by atoms with Crippen molar-refractivity contribution in [3.63, 3.8) is 0 Å². The van der Waals surface area contributed by atoms with Crippen molar-refractivity contribution in [2.45, 2.75) is 61.6 Å². The summed E-state index contributed by atoms with van der Waals surface area (Å²) < 4.78 is 1.73. The number of aliphatic hydroxyl groups excluding tert-OH is 3. The van der Waals surface area contributed by atoms with Gasteiger partial charge in [0.15, 0.2) is 17.0 Å². The number of benzene rings is 2. The Morgan fingerprint density at radius 3 is 2.32 bits per heavy atom. The number of carbonyl (C=O) groups excluding carboxylic acids is 2. The summed E-state index contributed by atoms with van der Waals surface area (Å²) in [6.45, 7) is 2.56. The first-order valence-electron chi connectivity index (χ1n) is 17.2. The predicted octanol–water partition coefficient (Wildman–Crippen LogP) is 0.454. The van der Waals surface area contributed by atoms with Gasteiger partial charge in [-0.3, -0.25) is 4.79 Å². The first kappa shape index (κ1) is 33.7. The second-order valence-corrected chi connectivity index (χ2v) is 13.3. The minimum atomic E-state index is -1.25. The second-order valence-electron chi connectivity index (χ2n) is 13.3. The van der Waals surface area contributed by atoms with Gasteiger partial charge in [0, 0.05) is 44.2 Å². The minimum Gasteiger partial charge on any atom is -0.388 e. The van der Waals surface area contributed by atoms with Crippen LogP contribution in [0.15, 0.2) is 67.0 Å². The first-order valence-corrected chi connectivity index (χ1v) is 17.2. The molecule has 2 saturated heterocycles. The molecule has 2 aliphatic heterocycles. The van der Waals surface area contributed by atoms with Crippen LogP contribution < -0.4 is 31.5 Å². The van der Waals surface area contributed by atoms with Gasteiger partial charge in [-0.05, 0) is 36.9 Å². The number of rotatable bonds is 11. The van der Waals surface area contributed by atoms with Gasteiger partial charge in [0.1, 0.15) is 18.8 Å². The number of hydrogen-bond donors (Lipinski definition) is 8. The minimum absolute atomic E-state index is 0.00425. The maximum atomic E-state index is 12.7. The number of anilines is 2. The molecule has 2 unspecified atom stereocenters. The van der Waals surface area contributed by atoms with Crippen LogP contribution in [0.5, 0.6) is 0 Å². The third-order valence-corrected chi connectivity index (χ3v) is 9.99. The zero-order valence-corrected chi connectivity index (χ0v) is 27.7. The van der Waals surface area contributed by atoms with Gasteiger partial charge in [0.2, 0.25) is 11.9 Å². The van der Waals surface area contributed by atoms with Gasteiger partial charge in [-0.2, -0.15) is 9.97 Å². The van der Waals surface area contributed by atoms with Gasteiger partial charge >= 0.3 is 6.03 Å². The highest BCUT2D eigenvalue weighted by Gasteiger charge is 2.44. The standard InChI is InChI=1S/C35H44N10O5/c46-19-28(47)41-26-15-27(31(49)30(26)48)45-20-38-29-32(37-17-25(21-7-3-1-4-8-21)22-9-5-2-6-10-22)42-34(43-33(29)45)44-14-12-24(18-44)40-35(50)39-23-11-13-36-16-23/h1-10,20,23-27,30-31,36,46,48-49H,11-19H2,(H,41,47)(H,37,42,43)(H2,39,40,50)/t23?,24?,26-,27+,30+,31-/m0/s1. The van der Waals surface area contributed by atoms with E-state index in [2.05, 4.69) is 55.8 Å². The highest BCUT2D eigenvalue weighted by Crippen LogP contribution is 2.35. The van der Waals surface area contributed by atoms with Crippen LogP contribution in [-0.2, 0) is 4.79 Å².